The molecule has 0 aromatic heterocycles. The van der Waals surface area contributed by atoms with E-state index in [9.17, 15) is 14.7 Å². The Labute approximate surface area is 117 Å². The van der Waals surface area contributed by atoms with E-state index in [2.05, 4.69) is 0 Å². The van der Waals surface area contributed by atoms with E-state index in [0.717, 1.165) is 0 Å². The van der Waals surface area contributed by atoms with Crippen molar-refractivity contribution in [2.75, 3.05) is 0 Å². The molecule has 5 heteroatoms. The highest BCUT2D eigenvalue weighted by molar-refractivity contribution is 5.99. The van der Waals surface area contributed by atoms with E-state index >= 15 is 0 Å². The van der Waals surface area contributed by atoms with Crippen LogP contribution in [-0.4, -0.2) is 40.3 Å². The molecule has 2 fully saturated rings. The average molecular weight is 280 g/mol. The lowest BCUT2D eigenvalue weighted by Crippen LogP contribution is -2.35. The Bertz CT molecular complexity index is 494. The van der Waals surface area contributed by atoms with Crippen molar-refractivity contribution in [3.63, 3.8) is 0 Å². The monoisotopic (exact) mass is 280 g/mol. The smallest absolute Gasteiger partial charge is 0.309 e. The third kappa shape index (κ3) is 2.00. The van der Waals surface area contributed by atoms with Crippen molar-refractivity contribution in [2.24, 2.45) is 11.8 Å². The highest BCUT2D eigenvalue weighted by Crippen LogP contribution is 2.48. The minimum absolute atomic E-state index is 0.0138. The van der Waals surface area contributed by atoms with Crippen LogP contribution in [-0.2, 0) is 19.1 Å². The lowest BCUT2D eigenvalue weighted by atomic mass is 9.80. The third-order valence-corrected chi connectivity index (χ3v) is 4.91. The van der Waals surface area contributed by atoms with E-state index in [1.54, 1.807) is 13.8 Å². The molecule has 3 aliphatic rings. The summed E-state index contributed by atoms with van der Waals surface area (Å²) in [4.78, 5) is 24.0. The summed E-state index contributed by atoms with van der Waals surface area (Å²) >= 11 is 0. The number of fused-ring (bicyclic) bond motifs is 3. The molecule has 0 radical (unpaired) electrons. The van der Waals surface area contributed by atoms with Gasteiger partial charge in [0.2, 0.25) is 0 Å². The fourth-order valence-corrected chi connectivity index (χ4v) is 3.26. The molecule has 2 aliphatic heterocycles. The van der Waals surface area contributed by atoms with Gasteiger partial charge in [-0.2, -0.15) is 0 Å². The zero-order chi connectivity index (χ0) is 14.7. The number of rotatable bonds is 0. The van der Waals surface area contributed by atoms with Crippen molar-refractivity contribution in [1.82, 2.24) is 0 Å². The number of epoxide rings is 1. The van der Waals surface area contributed by atoms with Gasteiger partial charge >= 0.3 is 5.97 Å². The molecule has 110 valence electrons. The molecule has 1 aliphatic carbocycles. The van der Waals surface area contributed by atoms with Crippen LogP contribution in [0.25, 0.3) is 0 Å². The molecule has 0 aromatic rings. The Morgan fingerprint density at radius 3 is 2.75 bits per heavy atom. The van der Waals surface area contributed by atoms with Gasteiger partial charge < -0.3 is 14.6 Å². The van der Waals surface area contributed by atoms with Gasteiger partial charge in [0.1, 0.15) is 12.2 Å². The fraction of sp³-hybridized carbons (Fsp3) is 0.733. The highest BCUT2D eigenvalue weighted by Gasteiger charge is 2.66. The first-order chi connectivity index (χ1) is 9.24. The standard InChI is InChI=1S/C15H20O5/c1-8-9-4-6-14(2,18)7-5-10(16)15(3)12(20-15)11(9)19-13(8)17/h5,7-9,11-12,18H,4,6H2,1-3H3/b7-5+/t8-,9+,11+,12-,14-,15+/m1/s1. The topological polar surface area (TPSA) is 76.1 Å². The Morgan fingerprint density at radius 1 is 1.35 bits per heavy atom. The minimum atomic E-state index is -1.05. The fourth-order valence-electron chi connectivity index (χ4n) is 3.26. The quantitative estimate of drug-likeness (QED) is 0.529. The van der Waals surface area contributed by atoms with Gasteiger partial charge in [0, 0.05) is 5.92 Å². The zero-order valence-corrected chi connectivity index (χ0v) is 12.0. The molecule has 0 saturated carbocycles. The van der Waals surface area contributed by atoms with Crippen LogP contribution in [0.15, 0.2) is 12.2 Å². The molecular weight excluding hydrogens is 260 g/mol. The van der Waals surface area contributed by atoms with Crippen LogP contribution in [0, 0.1) is 11.8 Å². The van der Waals surface area contributed by atoms with E-state index in [4.69, 9.17) is 9.47 Å². The van der Waals surface area contributed by atoms with Crippen molar-refractivity contribution in [3.8, 4) is 0 Å². The second-order valence-corrected chi connectivity index (χ2v) is 6.59. The molecule has 20 heavy (non-hydrogen) atoms. The summed E-state index contributed by atoms with van der Waals surface area (Å²) in [6.45, 7) is 5.22. The normalized spacial score (nSPS) is 52.8. The van der Waals surface area contributed by atoms with Crippen LogP contribution in [0.2, 0.25) is 0 Å². The molecule has 0 bridgehead atoms. The van der Waals surface area contributed by atoms with E-state index in [0.29, 0.717) is 12.8 Å². The molecule has 5 nitrogen and oxygen atoms in total. The van der Waals surface area contributed by atoms with Crippen LogP contribution in [0.3, 0.4) is 0 Å². The lowest BCUT2D eigenvalue weighted by molar-refractivity contribution is -0.144. The molecule has 1 N–H and O–H groups in total. The maximum Gasteiger partial charge on any atom is 0.309 e. The predicted molar refractivity (Wildman–Crippen MR) is 69.8 cm³/mol. The summed E-state index contributed by atoms with van der Waals surface area (Å²) in [5.41, 5.74) is -1.97. The second-order valence-electron chi connectivity index (χ2n) is 6.59. The molecule has 2 heterocycles. The van der Waals surface area contributed by atoms with Crippen LogP contribution >= 0.6 is 0 Å². The van der Waals surface area contributed by atoms with Crippen molar-refractivity contribution >= 4 is 11.8 Å². The predicted octanol–water partition coefficient (Wildman–Crippen LogP) is 0.992. The number of hydrogen-bond acceptors (Lipinski definition) is 5. The van der Waals surface area contributed by atoms with Gasteiger partial charge in [0.05, 0.1) is 11.5 Å². The zero-order valence-electron chi connectivity index (χ0n) is 12.0. The molecule has 6 atom stereocenters. The SMILES string of the molecule is C[C@H]1C(=O)O[C@H]2[C@H]1CC[C@@](C)(O)/C=C/C(=O)[C@]1(C)O[C@H]21. The molecule has 0 aromatic carbocycles. The first-order valence-corrected chi connectivity index (χ1v) is 7.09. The summed E-state index contributed by atoms with van der Waals surface area (Å²) in [6.07, 6.45) is 3.33. The van der Waals surface area contributed by atoms with E-state index in [-0.39, 0.29) is 35.8 Å². The number of hydrogen-bond donors (Lipinski definition) is 1. The lowest BCUT2D eigenvalue weighted by Gasteiger charge is -2.25. The van der Waals surface area contributed by atoms with E-state index < -0.39 is 11.2 Å². The van der Waals surface area contributed by atoms with E-state index in [1.165, 1.54) is 12.2 Å². The van der Waals surface area contributed by atoms with Gasteiger partial charge in [-0.25, -0.2) is 0 Å². The number of carbonyl (C=O) groups excluding carboxylic acids is 2. The van der Waals surface area contributed by atoms with Crippen molar-refractivity contribution < 1.29 is 24.2 Å². The van der Waals surface area contributed by atoms with Crippen LogP contribution < -0.4 is 0 Å². The first kappa shape index (κ1) is 13.8. The van der Waals surface area contributed by atoms with Crippen LogP contribution in [0.1, 0.15) is 33.6 Å². The number of esters is 1. The summed E-state index contributed by atoms with van der Waals surface area (Å²) < 4.78 is 11.0. The number of ether oxygens (including phenoxy) is 2. The second kappa shape index (κ2) is 4.15. The molecular formula is C15H20O5. The summed E-state index contributed by atoms with van der Waals surface area (Å²) in [5.74, 6) is -0.654. The molecule has 0 unspecified atom stereocenters. The van der Waals surface area contributed by atoms with Crippen molar-refractivity contribution in [2.45, 2.75) is 57.0 Å². The Morgan fingerprint density at radius 2 is 2.05 bits per heavy atom. The van der Waals surface area contributed by atoms with Crippen molar-refractivity contribution in [3.05, 3.63) is 12.2 Å². The van der Waals surface area contributed by atoms with Crippen molar-refractivity contribution in [1.29, 1.82) is 0 Å². The molecule has 3 rings (SSSR count). The minimum Gasteiger partial charge on any atom is -0.459 e. The van der Waals surface area contributed by atoms with Crippen LogP contribution in [0.5, 0.6) is 0 Å². The van der Waals surface area contributed by atoms with E-state index in [1.807, 2.05) is 6.92 Å². The Balaban J connectivity index is 1.94. The number of ketones is 1. The number of aliphatic hydroxyl groups is 1. The van der Waals surface area contributed by atoms with Crippen LogP contribution in [0.4, 0.5) is 0 Å². The summed E-state index contributed by atoms with van der Waals surface area (Å²) in [5, 5.41) is 10.3. The van der Waals surface area contributed by atoms with Gasteiger partial charge in [-0.1, -0.05) is 6.92 Å². The largest absolute Gasteiger partial charge is 0.459 e. The molecule has 2 saturated heterocycles. The van der Waals surface area contributed by atoms with Gasteiger partial charge in [-0.3, -0.25) is 9.59 Å². The number of carbonyl (C=O) groups is 2. The highest BCUT2D eigenvalue weighted by atomic mass is 16.7. The molecule has 0 amide bonds. The maximum absolute atomic E-state index is 12.2. The summed E-state index contributed by atoms with van der Waals surface area (Å²) in [7, 11) is 0. The maximum atomic E-state index is 12.2. The van der Waals surface area contributed by atoms with Gasteiger partial charge in [0.25, 0.3) is 0 Å². The third-order valence-electron chi connectivity index (χ3n) is 4.91. The Kier molecular flexibility index (Phi) is 2.86. The molecule has 0 spiro atoms. The summed E-state index contributed by atoms with van der Waals surface area (Å²) in [6, 6.07) is 0. The van der Waals surface area contributed by atoms with Gasteiger partial charge in [-0.05, 0) is 38.8 Å². The van der Waals surface area contributed by atoms with Gasteiger partial charge in [0.15, 0.2) is 11.4 Å². The first-order valence-electron chi connectivity index (χ1n) is 7.09. The van der Waals surface area contributed by atoms with Gasteiger partial charge in [-0.15, -0.1) is 0 Å². The average Bonchev–Trinajstić information content (AvgIpc) is 2.98. The Hall–Kier alpha value is -1.20.